The van der Waals surface area contributed by atoms with Gasteiger partial charge in [-0.15, -0.1) is 6.42 Å². The van der Waals surface area contributed by atoms with Crippen LogP contribution in [-0.4, -0.2) is 46.7 Å². The van der Waals surface area contributed by atoms with Crippen molar-refractivity contribution < 1.29 is 19.1 Å². The minimum Gasteiger partial charge on any atom is -0.444 e. The molecule has 36 heavy (non-hydrogen) atoms. The summed E-state index contributed by atoms with van der Waals surface area (Å²) >= 11 is 4.29. The third-order valence-corrected chi connectivity index (χ3v) is 5.56. The van der Waals surface area contributed by atoms with Gasteiger partial charge in [0, 0.05) is 24.4 Å². The molecule has 2 rings (SSSR count). The molecule has 192 valence electrons. The number of carbonyl (C=O) groups excluding carboxylic acids is 3. The highest BCUT2D eigenvalue weighted by Crippen LogP contribution is 2.26. The predicted molar refractivity (Wildman–Crippen MR) is 144 cm³/mol. The molecular formula is C28H35N3O4S. The molecule has 2 N–H and O–H groups in total. The molecule has 3 amide bonds. The van der Waals surface area contributed by atoms with Gasteiger partial charge in [-0.3, -0.25) is 9.59 Å². The number of carbonyl (C=O) groups is 3. The summed E-state index contributed by atoms with van der Waals surface area (Å²) in [6.45, 7) is 7.66. The summed E-state index contributed by atoms with van der Waals surface area (Å²) in [5.74, 6) is 1.81. The molecule has 8 heteroatoms. The zero-order valence-electron chi connectivity index (χ0n) is 21.3. The van der Waals surface area contributed by atoms with E-state index in [4.69, 9.17) is 11.2 Å². The normalized spacial score (nSPS) is 12.6. The number of amides is 3. The molecule has 0 spiro atoms. The summed E-state index contributed by atoms with van der Waals surface area (Å²) in [6.07, 6.45) is 5.59. The maximum Gasteiger partial charge on any atom is 0.408 e. The fraction of sp³-hybridized carbons (Fsp3) is 0.393. The topological polar surface area (TPSA) is 87.7 Å². The van der Waals surface area contributed by atoms with E-state index in [9.17, 15) is 14.4 Å². The van der Waals surface area contributed by atoms with Crippen LogP contribution in [0.4, 0.5) is 4.79 Å². The van der Waals surface area contributed by atoms with Gasteiger partial charge in [0.2, 0.25) is 11.8 Å². The Hall–Kier alpha value is -3.44. The SMILES string of the molecule is C#Cc1ccccc1C(C(=O)NCc1ccccc1)N(CCC)C(=O)C(CS)NC(=O)OC(C)(C)C. The van der Waals surface area contributed by atoms with E-state index in [0.717, 1.165) is 5.56 Å². The van der Waals surface area contributed by atoms with Gasteiger partial charge >= 0.3 is 6.09 Å². The van der Waals surface area contributed by atoms with Gasteiger partial charge in [0.05, 0.1) is 0 Å². The van der Waals surface area contributed by atoms with Gasteiger partial charge in [-0.05, 0) is 44.4 Å². The lowest BCUT2D eigenvalue weighted by Crippen LogP contribution is -2.54. The smallest absolute Gasteiger partial charge is 0.408 e. The van der Waals surface area contributed by atoms with E-state index in [1.54, 1.807) is 45.0 Å². The number of hydrogen-bond donors (Lipinski definition) is 3. The molecule has 0 saturated carbocycles. The standard InChI is InChI=1S/C28H35N3O4S/c1-6-17-31(26(33)23(19-36)30-27(34)35-28(3,4)5)24(22-16-12-11-15-21(22)7-2)25(32)29-18-20-13-9-8-10-14-20/h2,8-16,23-24,36H,6,17-19H2,1,3-5H3,(H,29,32)(H,30,34). The maximum atomic E-state index is 13.7. The number of benzene rings is 2. The summed E-state index contributed by atoms with van der Waals surface area (Å²) < 4.78 is 5.32. The monoisotopic (exact) mass is 509 g/mol. The third kappa shape index (κ3) is 8.35. The van der Waals surface area contributed by atoms with Crippen LogP contribution >= 0.6 is 12.6 Å². The van der Waals surface area contributed by atoms with E-state index in [2.05, 4.69) is 29.2 Å². The molecule has 7 nitrogen and oxygen atoms in total. The molecule has 0 aliphatic rings. The van der Waals surface area contributed by atoms with Crippen molar-refractivity contribution in [3.05, 3.63) is 71.3 Å². The number of rotatable bonds is 10. The second-order valence-electron chi connectivity index (χ2n) is 9.25. The highest BCUT2D eigenvalue weighted by atomic mass is 32.1. The Morgan fingerprint density at radius 2 is 1.72 bits per heavy atom. The quantitative estimate of drug-likeness (QED) is 0.333. The first-order chi connectivity index (χ1) is 17.1. The zero-order valence-corrected chi connectivity index (χ0v) is 22.2. The van der Waals surface area contributed by atoms with Crippen LogP contribution in [-0.2, 0) is 20.9 Å². The Morgan fingerprint density at radius 3 is 2.31 bits per heavy atom. The number of hydrogen-bond acceptors (Lipinski definition) is 5. The van der Waals surface area contributed by atoms with E-state index in [0.29, 0.717) is 17.5 Å². The average Bonchev–Trinajstić information content (AvgIpc) is 2.85. The van der Waals surface area contributed by atoms with E-state index >= 15 is 0 Å². The first-order valence-electron chi connectivity index (χ1n) is 11.9. The lowest BCUT2D eigenvalue weighted by atomic mass is 9.97. The van der Waals surface area contributed by atoms with Crippen molar-refractivity contribution in [1.29, 1.82) is 0 Å². The molecule has 0 saturated heterocycles. The van der Waals surface area contributed by atoms with Crippen molar-refractivity contribution in [2.45, 2.75) is 58.3 Å². The van der Waals surface area contributed by atoms with Gasteiger partial charge in [0.15, 0.2) is 0 Å². The Kier molecular flexibility index (Phi) is 10.9. The summed E-state index contributed by atoms with van der Waals surface area (Å²) in [6, 6.07) is 14.5. The lowest BCUT2D eigenvalue weighted by molar-refractivity contribution is -0.142. The van der Waals surface area contributed by atoms with Gasteiger partial charge in [-0.25, -0.2) is 4.79 Å². The van der Waals surface area contributed by atoms with Gasteiger partial charge in [0.25, 0.3) is 0 Å². The van der Waals surface area contributed by atoms with Crippen molar-refractivity contribution in [2.75, 3.05) is 12.3 Å². The lowest BCUT2D eigenvalue weighted by Gasteiger charge is -2.34. The summed E-state index contributed by atoms with van der Waals surface area (Å²) in [7, 11) is 0. The van der Waals surface area contributed by atoms with Crippen molar-refractivity contribution in [2.24, 2.45) is 0 Å². The number of terminal acetylenes is 1. The van der Waals surface area contributed by atoms with Crippen LogP contribution < -0.4 is 10.6 Å². The Morgan fingerprint density at radius 1 is 1.08 bits per heavy atom. The average molecular weight is 510 g/mol. The number of ether oxygens (including phenoxy) is 1. The highest BCUT2D eigenvalue weighted by Gasteiger charge is 2.36. The largest absolute Gasteiger partial charge is 0.444 e. The molecule has 0 fully saturated rings. The van der Waals surface area contributed by atoms with Gasteiger partial charge in [-0.1, -0.05) is 61.4 Å². The first-order valence-corrected chi connectivity index (χ1v) is 12.5. The van der Waals surface area contributed by atoms with Gasteiger partial charge in [0.1, 0.15) is 17.7 Å². The molecule has 0 aliphatic heterocycles. The molecule has 0 heterocycles. The maximum absolute atomic E-state index is 13.7. The fourth-order valence-corrected chi connectivity index (χ4v) is 3.89. The molecule has 2 unspecified atom stereocenters. The van der Waals surface area contributed by atoms with E-state index in [1.165, 1.54) is 4.90 Å². The highest BCUT2D eigenvalue weighted by molar-refractivity contribution is 7.80. The second-order valence-corrected chi connectivity index (χ2v) is 9.62. The minimum absolute atomic E-state index is 0.0213. The molecule has 2 aromatic rings. The molecular weight excluding hydrogens is 474 g/mol. The second kappa shape index (κ2) is 13.6. The first kappa shape index (κ1) is 28.8. The molecule has 0 aliphatic carbocycles. The van der Waals surface area contributed by atoms with Crippen molar-refractivity contribution >= 4 is 30.5 Å². The number of alkyl carbamates (subject to hydrolysis) is 1. The van der Waals surface area contributed by atoms with Gasteiger partial charge < -0.3 is 20.3 Å². The minimum atomic E-state index is -1.00. The van der Waals surface area contributed by atoms with Crippen LogP contribution in [0.15, 0.2) is 54.6 Å². The van der Waals surface area contributed by atoms with Crippen LogP contribution in [0.25, 0.3) is 0 Å². The summed E-state index contributed by atoms with van der Waals surface area (Å²) in [5, 5.41) is 5.53. The summed E-state index contributed by atoms with van der Waals surface area (Å²) in [5.41, 5.74) is 1.22. The Balaban J connectivity index is 2.42. The van der Waals surface area contributed by atoms with Gasteiger partial charge in [-0.2, -0.15) is 12.6 Å². The van der Waals surface area contributed by atoms with E-state index in [1.807, 2.05) is 37.3 Å². The fourth-order valence-electron chi connectivity index (χ4n) is 3.64. The summed E-state index contributed by atoms with van der Waals surface area (Å²) in [4.78, 5) is 41.2. The van der Waals surface area contributed by atoms with Crippen LogP contribution in [0.1, 0.15) is 56.8 Å². The van der Waals surface area contributed by atoms with Crippen LogP contribution in [0, 0.1) is 12.3 Å². The zero-order chi connectivity index (χ0) is 26.7. The number of nitrogens with zero attached hydrogens (tertiary/aromatic N) is 1. The Labute approximate surface area is 219 Å². The third-order valence-electron chi connectivity index (χ3n) is 5.20. The number of thiol groups is 1. The molecule has 0 radical (unpaired) electrons. The van der Waals surface area contributed by atoms with Crippen molar-refractivity contribution in [3.8, 4) is 12.3 Å². The van der Waals surface area contributed by atoms with E-state index < -0.39 is 29.7 Å². The van der Waals surface area contributed by atoms with Crippen LogP contribution in [0.5, 0.6) is 0 Å². The van der Waals surface area contributed by atoms with Crippen LogP contribution in [0.2, 0.25) is 0 Å². The predicted octanol–water partition coefficient (Wildman–Crippen LogP) is 4.09. The van der Waals surface area contributed by atoms with Crippen molar-refractivity contribution in [1.82, 2.24) is 15.5 Å². The molecule has 2 atom stereocenters. The van der Waals surface area contributed by atoms with Crippen LogP contribution in [0.3, 0.4) is 0 Å². The number of nitrogens with one attached hydrogen (secondary N) is 2. The van der Waals surface area contributed by atoms with E-state index in [-0.39, 0.29) is 24.7 Å². The molecule has 2 aromatic carbocycles. The Bertz CT molecular complexity index is 1080. The molecule has 0 aromatic heterocycles. The van der Waals surface area contributed by atoms with Crippen molar-refractivity contribution in [3.63, 3.8) is 0 Å². The molecule has 0 bridgehead atoms.